The van der Waals surface area contributed by atoms with Crippen LogP contribution in [0, 0.1) is 6.92 Å². The van der Waals surface area contributed by atoms with Crippen LogP contribution in [0.4, 0.5) is 0 Å². The third-order valence-electron chi connectivity index (χ3n) is 5.19. The largest absolute Gasteiger partial charge is 0.467 e. The molecule has 3 aromatic heterocycles. The molecule has 0 spiro atoms. The Balaban J connectivity index is 1.73. The Morgan fingerprint density at radius 3 is 2.84 bits per heavy atom. The molecule has 0 aliphatic heterocycles. The maximum atomic E-state index is 12.8. The number of thiazole rings is 1. The zero-order valence-electron chi connectivity index (χ0n) is 17.5. The molecule has 0 saturated carbocycles. The number of unbranched alkanes of at least 4 members (excludes halogenated alkanes) is 1. The molecular weight excluding hydrogens is 430 g/mol. The molecule has 1 amide bonds. The van der Waals surface area contributed by atoms with E-state index >= 15 is 0 Å². The maximum absolute atomic E-state index is 12.8. The molecule has 0 aliphatic carbocycles. The van der Waals surface area contributed by atoms with Crippen LogP contribution in [-0.4, -0.2) is 22.0 Å². The molecule has 5 nitrogen and oxygen atoms in total. The molecule has 7 heteroatoms. The van der Waals surface area contributed by atoms with Gasteiger partial charge >= 0.3 is 0 Å². The van der Waals surface area contributed by atoms with Crippen molar-refractivity contribution in [3.8, 4) is 22.0 Å². The molecule has 1 N–H and O–H groups in total. The van der Waals surface area contributed by atoms with Crippen molar-refractivity contribution in [1.82, 2.24) is 14.9 Å². The van der Waals surface area contributed by atoms with Crippen molar-refractivity contribution in [3.05, 3.63) is 76.1 Å². The molecule has 0 atom stereocenters. The lowest BCUT2D eigenvalue weighted by molar-refractivity contribution is 0.0952. The number of nitrogens with one attached hydrogen (secondary N) is 1. The van der Waals surface area contributed by atoms with E-state index in [1.165, 1.54) is 11.3 Å². The number of furan rings is 1. The van der Waals surface area contributed by atoms with Crippen molar-refractivity contribution in [2.24, 2.45) is 0 Å². The molecule has 31 heavy (non-hydrogen) atoms. The summed E-state index contributed by atoms with van der Waals surface area (Å²) in [5.74, 6) is 0.756. The van der Waals surface area contributed by atoms with Crippen LogP contribution < -0.4 is 5.32 Å². The Morgan fingerprint density at radius 1 is 1.26 bits per heavy atom. The highest BCUT2D eigenvalue weighted by molar-refractivity contribution is 7.13. The molecule has 1 aromatic carbocycles. The number of carbonyl (C=O) groups excluding carboxylic acids is 1. The van der Waals surface area contributed by atoms with E-state index in [2.05, 4.69) is 16.8 Å². The van der Waals surface area contributed by atoms with Gasteiger partial charge in [-0.1, -0.05) is 43.1 Å². The molecule has 0 radical (unpaired) electrons. The lowest BCUT2D eigenvalue weighted by Gasteiger charge is -2.09. The van der Waals surface area contributed by atoms with Crippen LogP contribution in [-0.2, 0) is 6.54 Å². The first-order valence-corrected chi connectivity index (χ1v) is 11.6. The van der Waals surface area contributed by atoms with E-state index in [0.717, 1.165) is 46.3 Å². The number of hydrogen-bond donors (Lipinski definition) is 1. The van der Waals surface area contributed by atoms with Crippen LogP contribution in [0.5, 0.6) is 0 Å². The van der Waals surface area contributed by atoms with E-state index in [1.54, 1.807) is 6.26 Å². The second-order valence-corrected chi connectivity index (χ2v) is 8.59. The van der Waals surface area contributed by atoms with Crippen molar-refractivity contribution in [3.63, 3.8) is 0 Å². The van der Waals surface area contributed by atoms with Gasteiger partial charge < -0.3 is 14.3 Å². The van der Waals surface area contributed by atoms with Crippen LogP contribution in [0.2, 0.25) is 5.02 Å². The summed E-state index contributed by atoms with van der Waals surface area (Å²) in [5.41, 5.74) is 4.13. The van der Waals surface area contributed by atoms with Gasteiger partial charge in [-0.2, -0.15) is 0 Å². The van der Waals surface area contributed by atoms with Gasteiger partial charge in [-0.3, -0.25) is 4.79 Å². The van der Waals surface area contributed by atoms with Gasteiger partial charge in [0.15, 0.2) is 0 Å². The molecule has 4 aromatic rings. The monoisotopic (exact) mass is 453 g/mol. The van der Waals surface area contributed by atoms with Crippen LogP contribution in [0.1, 0.15) is 41.6 Å². The molecule has 160 valence electrons. The molecule has 3 heterocycles. The van der Waals surface area contributed by atoms with Crippen LogP contribution in [0.25, 0.3) is 22.0 Å². The Bertz CT molecular complexity index is 1180. The van der Waals surface area contributed by atoms with Gasteiger partial charge in [-0.05, 0) is 37.6 Å². The fraction of sp³-hybridized carbons (Fsp3) is 0.250. The summed E-state index contributed by atoms with van der Waals surface area (Å²) in [7, 11) is 0. The molecule has 0 unspecified atom stereocenters. The summed E-state index contributed by atoms with van der Waals surface area (Å²) in [5, 5.41) is 6.54. The molecule has 0 fully saturated rings. The third-order valence-corrected chi connectivity index (χ3v) is 6.40. The summed E-state index contributed by atoms with van der Waals surface area (Å²) < 4.78 is 7.65. The van der Waals surface area contributed by atoms with Gasteiger partial charge in [-0.25, -0.2) is 4.98 Å². The molecule has 0 aliphatic rings. The Kier molecular flexibility index (Phi) is 6.59. The van der Waals surface area contributed by atoms with Crippen molar-refractivity contribution < 1.29 is 9.21 Å². The second kappa shape index (κ2) is 9.54. The number of hydrogen-bond acceptors (Lipinski definition) is 4. The first kappa shape index (κ1) is 21.4. The second-order valence-electron chi connectivity index (χ2n) is 7.32. The van der Waals surface area contributed by atoms with Crippen molar-refractivity contribution in [1.29, 1.82) is 0 Å². The average molecular weight is 454 g/mol. The van der Waals surface area contributed by atoms with E-state index in [-0.39, 0.29) is 5.91 Å². The predicted octanol–water partition coefficient (Wildman–Crippen LogP) is 6.41. The van der Waals surface area contributed by atoms with Crippen molar-refractivity contribution >= 4 is 28.8 Å². The number of carbonyl (C=O) groups is 1. The number of aromatic nitrogens is 2. The number of nitrogens with zero attached hydrogens (tertiary/aromatic N) is 2. The van der Waals surface area contributed by atoms with Crippen LogP contribution >= 0.6 is 22.9 Å². The number of benzene rings is 1. The Hall–Kier alpha value is -2.83. The first-order chi connectivity index (χ1) is 15.1. The fourth-order valence-electron chi connectivity index (χ4n) is 3.47. The zero-order valence-corrected chi connectivity index (χ0v) is 19.1. The quantitative estimate of drug-likeness (QED) is 0.313. The summed E-state index contributed by atoms with van der Waals surface area (Å²) in [6.07, 6.45) is 3.65. The summed E-state index contributed by atoms with van der Waals surface area (Å²) >= 11 is 7.90. The average Bonchev–Trinajstić information content (AvgIpc) is 3.51. The number of amides is 1. The normalized spacial score (nSPS) is 11.1. The molecular formula is C24H24ClN3O2S. The molecule has 0 saturated heterocycles. The first-order valence-electron chi connectivity index (χ1n) is 10.3. The smallest absolute Gasteiger partial charge is 0.253 e. The van der Waals surface area contributed by atoms with E-state index in [1.807, 2.05) is 54.8 Å². The van der Waals surface area contributed by atoms with E-state index < -0.39 is 0 Å². The SMILES string of the molecule is CCCCNC(=O)c1cc(-c2csc(-c3ccccc3Cl)n2)n(Cc2ccco2)c1C. The number of halogens is 1. The lowest BCUT2D eigenvalue weighted by Crippen LogP contribution is -2.24. The highest BCUT2D eigenvalue weighted by Crippen LogP contribution is 2.34. The minimum Gasteiger partial charge on any atom is -0.467 e. The number of rotatable bonds is 8. The maximum Gasteiger partial charge on any atom is 0.253 e. The standard InChI is InChI=1S/C24H24ClN3O2S/c1-3-4-11-26-23(29)19-13-22(28(16(19)2)14-17-8-7-12-30-17)21-15-31-24(27-21)18-9-5-6-10-20(18)25/h5-10,12-13,15H,3-4,11,14H2,1-2H3,(H,26,29). The van der Waals surface area contributed by atoms with E-state index in [4.69, 9.17) is 21.0 Å². The van der Waals surface area contributed by atoms with Crippen LogP contribution in [0.3, 0.4) is 0 Å². The summed E-state index contributed by atoms with van der Waals surface area (Å²) in [4.78, 5) is 17.7. The highest BCUT2D eigenvalue weighted by Gasteiger charge is 2.21. The fourth-order valence-corrected chi connectivity index (χ4v) is 4.61. The summed E-state index contributed by atoms with van der Waals surface area (Å²) in [6.45, 7) is 5.26. The van der Waals surface area contributed by atoms with Gasteiger partial charge in [0.1, 0.15) is 10.8 Å². The molecule has 4 rings (SSSR count). The minimum absolute atomic E-state index is 0.0630. The Labute approximate surface area is 190 Å². The van der Waals surface area contributed by atoms with Gasteiger partial charge in [0, 0.05) is 23.2 Å². The van der Waals surface area contributed by atoms with Gasteiger partial charge in [0.2, 0.25) is 0 Å². The Morgan fingerprint density at radius 2 is 2.10 bits per heavy atom. The van der Waals surface area contributed by atoms with Crippen molar-refractivity contribution in [2.75, 3.05) is 6.54 Å². The topological polar surface area (TPSA) is 60.1 Å². The summed E-state index contributed by atoms with van der Waals surface area (Å²) in [6, 6.07) is 13.4. The van der Waals surface area contributed by atoms with Gasteiger partial charge in [-0.15, -0.1) is 11.3 Å². The van der Waals surface area contributed by atoms with Gasteiger partial charge in [0.25, 0.3) is 5.91 Å². The van der Waals surface area contributed by atoms with Crippen LogP contribution in [0.15, 0.2) is 58.5 Å². The van der Waals surface area contributed by atoms with E-state index in [0.29, 0.717) is 23.7 Å². The third kappa shape index (κ3) is 4.60. The predicted molar refractivity (Wildman–Crippen MR) is 126 cm³/mol. The lowest BCUT2D eigenvalue weighted by atomic mass is 10.2. The highest BCUT2D eigenvalue weighted by atomic mass is 35.5. The molecule has 0 bridgehead atoms. The minimum atomic E-state index is -0.0630. The zero-order chi connectivity index (χ0) is 21.8. The van der Waals surface area contributed by atoms with Crippen molar-refractivity contribution in [2.45, 2.75) is 33.2 Å². The van der Waals surface area contributed by atoms with Gasteiger partial charge in [0.05, 0.1) is 34.8 Å². The van der Waals surface area contributed by atoms with E-state index in [9.17, 15) is 4.79 Å².